The SMILES string of the molecule is FC(F)C1(c2c(Br)cccc2Oc2ncc(Cl)cn2)C=CNO1. The standard InChI is InChI=1S/C14H9BrClF2N3O2/c15-9-2-1-3-10(22-13-19-6-8(16)7-20-13)11(9)14(12(17)18)4-5-21-23-14/h1-7,12,21H. The van der Waals surface area contributed by atoms with Crippen molar-refractivity contribution in [3.8, 4) is 11.8 Å². The molecule has 0 spiro atoms. The molecule has 5 nitrogen and oxygen atoms in total. The zero-order valence-electron chi connectivity index (χ0n) is 11.3. The third kappa shape index (κ3) is 3.01. The van der Waals surface area contributed by atoms with E-state index in [0.717, 1.165) is 0 Å². The number of alkyl halides is 2. The van der Waals surface area contributed by atoms with Crippen LogP contribution in [-0.2, 0) is 10.4 Å². The molecule has 1 atom stereocenters. The number of nitrogens with one attached hydrogen (secondary N) is 1. The van der Waals surface area contributed by atoms with Crippen LogP contribution < -0.4 is 10.2 Å². The molecule has 1 aromatic heterocycles. The molecule has 1 N–H and O–H groups in total. The molecule has 23 heavy (non-hydrogen) atoms. The molecule has 0 amide bonds. The summed E-state index contributed by atoms with van der Waals surface area (Å²) in [5, 5.41) is 0.335. The number of benzene rings is 1. The lowest BCUT2D eigenvalue weighted by Gasteiger charge is -2.27. The highest BCUT2D eigenvalue weighted by molar-refractivity contribution is 9.10. The number of hydroxylamine groups is 1. The van der Waals surface area contributed by atoms with Crippen LogP contribution in [0.5, 0.6) is 11.8 Å². The first-order chi connectivity index (χ1) is 11.0. The van der Waals surface area contributed by atoms with Crippen LogP contribution in [0.3, 0.4) is 0 Å². The van der Waals surface area contributed by atoms with Gasteiger partial charge in [-0.1, -0.05) is 33.6 Å². The van der Waals surface area contributed by atoms with Gasteiger partial charge >= 0.3 is 6.01 Å². The van der Waals surface area contributed by atoms with Crippen molar-refractivity contribution in [1.29, 1.82) is 0 Å². The first-order valence-corrected chi connectivity index (χ1v) is 7.54. The van der Waals surface area contributed by atoms with Crippen molar-refractivity contribution in [2.45, 2.75) is 12.0 Å². The molecule has 1 aliphatic heterocycles. The van der Waals surface area contributed by atoms with Crippen molar-refractivity contribution >= 4 is 27.5 Å². The second-order valence-electron chi connectivity index (χ2n) is 4.55. The molecule has 1 unspecified atom stereocenters. The van der Waals surface area contributed by atoms with Crippen LogP contribution >= 0.6 is 27.5 Å². The van der Waals surface area contributed by atoms with Crippen molar-refractivity contribution in [1.82, 2.24) is 15.4 Å². The molecular formula is C14H9BrClF2N3O2. The highest BCUT2D eigenvalue weighted by atomic mass is 79.9. The van der Waals surface area contributed by atoms with Gasteiger partial charge in [0.25, 0.3) is 6.43 Å². The molecule has 120 valence electrons. The maximum Gasteiger partial charge on any atom is 0.321 e. The first kappa shape index (κ1) is 16.1. The number of hydrogen-bond donors (Lipinski definition) is 1. The van der Waals surface area contributed by atoms with E-state index in [4.69, 9.17) is 21.2 Å². The van der Waals surface area contributed by atoms with Crippen LogP contribution in [0.2, 0.25) is 5.02 Å². The van der Waals surface area contributed by atoms with Gasteiger partial charge < -0.3 is 4.74 Å². The predicted octanol–water partition coefficient (Wildman–Crippen LogP) is 4.19. The van der Waals surface area contributed by atoms with Gasteiger partial charge in [-0.2, -0.15) is 0 Å². The summed E-state index contributed by atoms with van der Waals surface area (Å²) in [6.45, 7) is 0. The Morgan fingerprint density at radius 2 is 2.04 bits per heavy atom. The largest absolute Gasteiger partial charge is 0.424 e. The molecule has 0 saturated carbocycles. The highest BCUT2D eigenvalue weighted by Crippen LogP contribution is 2.45. The van der Waals surface area contributed by atoms with Gasteiger partial charge in [0.05, 0.1) is 23.0 Å². The minimum Gasteiger partial charge on any atom is -0.424 e. The molecule has 0 saturated heterocycles. The van der Waals surface area contributed by atoms with E-state index in [9.17, 15) is 8.78 Å². The lowest BCUT2D eigenvalue weighted by molar-refractivity contribution is -0.132. The Morgan fingerprint density at radius 1 is 1.30 bits per heavy atom. The quantitative estimate of drug-likeness (QED) is 0.828. The fourth-order valence-electron chi connectivity index (χ4n) is 2.10. The minimum atomic E-state index is -2.83. The number of halogens is 4. The fraction of sp³-hybridized carbons (Fsp3) is 0.143. The monoisotopic (exact) mass is 403 g/mol. The summed E-state index contributed by atoms with van der Waals surface area (Å²) < 4.78 is 33.3. The Morgan fingerprint density at radius 3 is 2.65 bits per heavy atom. The Labute approximate surface area is 143 Å². The van der Waals surface area contributed by atoms with E-state index in [1.165, 1.54) is 30.7 Å². The van der Waals surface area contributed by atoms with Gasteiger partial charge in [-0.05, 0) is 18.2 Å². The molecule has 2 aromatic rings. The summed E-state index contributed by atoms with van der Waals surface area (Å²) in [6, 6.07) is 4.76. The van der Waals surface area contributed by atoms with Crippen molar-refractivity contribution in [3.05, 3.63) is 57.9 Å². The predicted molar refractivity (Wildman–Crippen MR) is 82.3 cm³/mol. The van der Waals surface area contributed by atoms with E-state index >= 15 is 0 Å². The number of ether oxygens (including phenoxy) is 1. The van der Waals surface area contributed by atoms with Crippen LogP contribution in [0.4, 0.5) is 8.78 Å². The maximum absolute atomic E-state index is 13.7. The van der Waals surface area contributed by atoms with E-state index in [2.05, 4.69) is 31.4 Å². The minimum absolute atomic E-state index is 0.0203. The second-order valence-corrected chi connectivity index (χ2v) is 5.84. The van der Waals surface area contributed by atoms with E-state index in [1.807, 2.05) is 0 Å². The van der Waals surface area contributed by atoms with Gasteiger partial charge in [0, 0.05) is 10.7 Å². The Bertz CT molecular complexity index is 745. The zero-order chi connectivity index (χ0) is 16.4. The molecule has 0 bridgehead atoms. The normalized spacial score (nSPS) is 19.9. The Kier molecular flexibility index (Phi) is 4.47. The lowest BCUT2D eigenvalue weighted by atomic mass is 9.93. The van der Waals surface area contributed by atoms with Crippen molar-refractivity contribution in [2.75, 3.05) is 0 Å². The average Bonchev–Trinajstić information content (AvgIpc) is 3.00. The maximum atomic E-state index is 13.7. The van der Waals surface area contributed by atoms with Crippen molar-refractivity contribution in [3.63, 3.8) is 0 Å². The molecule has 2 heterocycles. The van der Waals surface area contributed by atoms with Crippen LogP contribution in [0.25, 0.3) is 0 Å². The van der Waals surface area contributed by atoms with Gasteiger partial charge in [-0.25, -0.2) is 18.7 Å². The first-order valence-electron chi connectivity index (χ1n) is 6.37. The van der Waals surface area contributed by atoms with E-state index < -0.39 is 12.0 Å². The summed E-state index contributed by atoms with van der Waals surface area (Å²) in [4.78, 5) is 12.9. The molecule has 1 aromatic carbocycles. The molecule has 9 heteroatoms. The van der Waals surface area contributed by atoms with Gasteiger partial charge in [-0.15, -0.1) is 0 Å². The Balaban J connectivity index is 2.07. The van der Waals surface area contributed by atoms with Gasteiger partial charge in [0.15, 0.2) is 0 Å². The van der Waals surface area contributed by atoms with E-state index in [1.54, 1.807) is 12.1 Å². The van der Waals surface area contributed by atoms with Crippen LogP contribution in [-0.4, -0.2) is 16.4 Å². The summed E-state index contributed by atoms with van der Waals surface area (Å²) in [7, 11) is 0. The lowest BCUT2D eigenvalue weighted by Crippen LogP contribution is -2.35. The molecular weight excluding hydrogens is 396 g/mol. The van der Waals surface area contributed by atoms with Crippen LogP contribution in [0.1, 0.15) is 5.56 Å². The third-order valence-corrected chi connectivity index (χ3v) is 3.97. The number of nitrogens with zero attached hydrogens (tertiary/aromatic N) is 2. The molecule has 1 aliphatic rings. The van der Waals surface area contributed by atoms with E-state index in [-0.39, 0.29) is 17.3 Å². The molecule has 0 fully saturated rings. The molecule has 0 radical (unpaired) electrons. The molecule has 0 aliphatic carbocycles. The highest BCUT2D eigenvalue weighted by Gasteiger charge is 2.47. The zero-order valence-corrected chi connectivity index (χ0v) is 13.7. The van der Waals surface area contributed by atoms with Crippen molar-refractivity contribution < 1.29 is 18.4 Å². The number of hydrogen-bond acceptors (Lipinski definition) is 5. The average molecular weight is 405 g/mol. The second kappa shape index (κ2) is 6.38. The van der Waals surface area contributed by atoms with Crippen LogP contribution in [0, 0.1) is 0 Å². The number of aromatic nitrogens is 2. The van der Waals surface area contributed by atoms with Gasteiger partial charge in [0.2, 0.25) is 5.60 Å². The summed E-state index contributed by atoms with van der Waals surface area (Å²) in [5.74, 6) is 0.135. The van der Waals surface area contributed by atoms with Gasteiger partial charge in [0.1, 0.15) is 5.75 Å². The summed E-state index contributed by atoms with van der Waals surface area (Å²) in [5.41, 5.74) is 0.469. The van der Waals surface area contributed by atoms with Crippen molar-refractivity contribution in [2.24, 2.45) is 0 Å². The van der Waals surface area contributed by atoms with Crippen LogP contribution in [0.15, 0.2) is 47.3 Å². The Hall–Kier alpha value is -1.77. The molecule has 3 rings (SSSR count). The third-order valence-electron chi connectivity index (χ3n) is 3.11. The smallest absolute Gasteiger partial charge is 0.321 e. The van der Waals surface area contributed by atoms with Gasteiger partial charge in [-0.3, -0.25) is 10.3 Å². The topological polar surface area (TPSA) is 56.3 Å². The summed E-state index contributed by atoms with van der Waals surface area (Å²) in [6.07, 6.45) is 2.39. The fourth-order valence-corrected chi connectivity index (χ4v) is 2.86. The van der Waals surface area contributed by atoms with E-state index in [0.29, 0.717) is 9.50 Å². The number of rotatable bonds is 4. The summed E-state index contributed by atoms with van der Waals surface area (Å²) >= 11 is 8.98.